The van der Waals surface area contributed by atoms with Gasteiger partial charge in [0.2, 0.25) is 0 Å². The molecule has 17 aromatic rings. The number of rotatable bonds is 6. The van der Waals surface area contributed by atoms with Gasteiger partial charge in [0.05, 0.1) is 67.0 Å². The van der Waals surface area contributed by atoms with Crippen molar-refractivity contribution in [3.8, 4) is 51.5 Å². The zero-order chi connectivity index (χ0) is 52.6. The molecular weight excluding hydrogens is 975 g/mol. The summed E-state index contributed by atoms with van der Waals surface area (Å²) < 4.78 is 9.61. The first-order valence-corrected chi connectivity index (χ1v) is 27.0. The summed E-state index contributed by atoms with van der Waals surface area (Å²) in [6, 6.07) is 95.7. The van der Waals surface area contributed by atoms with E-state index in [2.05, 4.69) is 261 Å². The highest BCUT2D eigenvalue weighted by Crippen LogP contribution is 2.42. The Morgan fingerprint density at radius 1 is 0.287 bits per heavy atom. The third-order valence-corrected chi connectivity index (χ3v) is 16.5. The van der Waals surface area contributed by atoms with Crippen LogP contribution in [0.1, 0.15) is 5.56 Å². The lowest BCUT2D eigenvalue weighted by atomic mass is 9.98. The summed E-state index contributed by atoms with van der Waals surface area (Å²) >= 11 is 0. The van der Waals surface area contributed by atoms with Crippen LogP contribution in [0.4, 0.5) is 0 Å². The van der Waals surface area contributed by atoms with Crippen molar-refractivity contribution in [2.75, 3.05) is 0 Å². The van der Waals surface area contributed by atoms with Gasteiger partial charge in [-0.3, -0.25) is 0 Å². The van der Waals surface area contributed by atoms with Crippen molar-refractivity contribution in [2.24, 2.45) is 0 Å². The molecule has 0 aliphatic rings. The zero-order valence-corrected chi connectivity index (χ0v) is 43.0. The molecule has 0 amide bonds. The lowest BCUT2D eigenvalue weighted by molar-refractivity contribution is 1.12. The molecule has 12 aromatic carbocycles. The first-order chi connectivity index (χ1) is 39.6. The zero-order valence-electron chi connectivity index (χ0n) is 43.0. The minimum atomic E-state index is 0.570. The van der Waals surface area contributed by atoms with Gasteiger partial charge in [0, 0.05) is 82.4 Å². The van der Waals surface area contributed by atoms with Crippen LogP contribution < -0.4 is 0 Å². The van der Waals surface area contributed by atoms with Crippen molar-refractivity contribution in [3.05, 3.63) is 266 Å². The number of para-hydroxylation sites is 6. The largest absolute Gasteiger partial charge is 0.309 e. The Morgan fingerprint density at radius 3 is 1.18 bits per heavy atom. The first-order valence-electron chi connectivity index (χ1n) is 27.0. The molecular formula is C73H43N7. The molecule has 5 heterocycles. The van der Waals surface area contributed by atoms with E-state index in [4.69, 9.17) is 9.97 Å². The topological polar surface area (TPSA) is 69.3 Å². The van der Waals surface area contributed by atoms with Gasteiger partial charge in [-0.25, -0.2) is 9.97 Å². The van der Waals surface area contributed by atoms with Gasteiger partial charge in [-0.1, -0.05) is 152 Å². The van der Waals surface area contributed by atoms with Gasteiger partial charge in [0.25, 0.3) is 0 Å². The second kappa shape index (κ2) is 17.0. The SMILES string of the molecule is N#Cc1cccc(-c2nc(-c3cc(-n4c5ccccc5c5cc(-n6c7ccccc7c7ccccc76)ccc54)cc(-n4c5ccccc5c5cc(-n6c7ccccc7c7ccccc76)ccc54)c3)nc3ccc4ccccc4c23)c1. The van der Waals surface area contributed by atoms with E-state index in [1.807, 2.05) is 24.3 Å². The van der Waals surface area contributed by atoms with Crippen molar-refractivity contribution in [1.29, 1.82) is 5.26 Å². The summed E-state index contributed by atoms with van der Waals surface area (Å²) in [7, 11) is 0. The van der Waals surface area contributed by atoms with Crippen LogP contribution in [0.3, 0.4) is 0 Å². The molecule has 0 N–H and O–H groups in total. The Bertz CT molecular complexity index is 5170. The van der Waals surface area contributed by atoms with E-state index in [9.17, 15) is 5.26 Å². The molecule has 370 valence electrons. The summed E-state index contributed by atoms with van der Waals surface area (Å²) in [6.07, 6.45) is 0. The molecule has 0 spiro atoms. The number of hydrogen-bond acceptors (Lipinski definition) is 3. The molecule has 0 saturated heterocycles. The quantitative estimate of drug-likeness (QED) is 0.156. The molecule has 7 heteroatoms. The third-order valence-electron chi connectivity index (χ3n) is 16.5. The maximum Gasteiger partial charge on any atom is 0.160 e. The normalized spacial score (nSPS) is 12.0. The lowest BCUT2D eigenvalue weighted by Gasteiger charge is -2.17. The van der Waals surface area contributed by atoms with E-state index < -0.39 is 0 Å². The van der Waals surface area contributed by atoms with Crippen LogP contribution in [-0.2, 0) is 0 Å². The van der Waals surface area contributed by atoms with E-state index in [1.165, 1.54) is 43.6 Å². The summed E-state index contributed by atoms with van der Waals surface area (Å²) in [6.45, 7) is 0. The fourth-order valence-corrected chi connectivity index (χ4v) is 13.1. The molecule has 0 unspecified atom stereocenters. The minimum absolute atomic E-state index is 0.570. The molecule has 0 aliphatic heterocycles. The number of aromatic nitrogens is 6. The minimum Gasteiger partial charge on any atom is -0.309 e. The Kier molecular flexibility index (Phi) is 9.35. The Hall–Kier alpha value is -11.1. The van der Waals surface area contributed by atoms with E-state index in [-0.39, 0.29) is 0 Å². The van der Waals surface area contributed by atoms with E-state index in [0.717, 1.165) is 105 Å². The second-order valence-corrected chi connectivity index (χ2v) is 20.9. The van der Waals surface area contributed by atoms with Gasteiger partial charge >= 0.3 is 0 Å². The van der Waals surface area contributed by atoms with Crippen LogP contribution in [-0.4, -0.2) is 28.2 Å². The molecule has 0 fully saturated rings. The maximum atomic E-state index is 10.2. The van der Waals surface area contributed by atoms with Gasteiger partial charge < -0.3 is 18.3 Å². The van der Waals surface area contributed by atoms with Crippen molar-refractivity contribution in [2.45, 2.75) is 0 Å². The Morgan fingerprint density at radius 2 is 0.700 bits per heavy atom. The van der Waals surface area contributed by atoms with Crippen molar-refractivity contribution in [1.82, 2.24) is 28.2 Å². The molecule has 0 bridgehead atoms. The van der Waals surface area contributed by atoms with Crippen LogP contribution in [0, 0.1) is 11.3 Å². The predicted octanol–water partition coefficient (Wildman–Crippen LogP) is 18.4. The molecule has 17 rings (SSSR count). The predicted molar refractivity (Wildman–Crippen MR) is 330 cm³/mol. The molecule has 5 aromatic heterocycles. The number of fused-ring (bicyclic) bond motifs is 15. The molecule has 0 radical (unpaired) electrons. The van der Waals surface area contributed by atoms with E-state index >= 15 is 0 Å². The van der Waals surface area contributed by atoms with Gasteiger partial charge in [0.15, 0.2) is 5.82 Å². The lowest BCUT2D eigenvalue weighted by Crippen LogP contribution is -2.02. The van der Waals surface area contributed by atoms with Crippen LogP contribution in [0.15, 0.2) is 261 Å². The summed E-state index contributed by atoms with van der Waals surface area (Å²) in [5.41, 5.74) is 17.0. The van der Waals surface area contributed by atoms with Gasteiger partial charge in [-0.15, -0.1) is 0 Å². The summed E-state index contributed by atoms with van der Waals surface area (Å²) in [5.74, 6) is 0.581. The van der Waals surface area contributed by atoms with Crippen molar-refractivity contribution >= 4 is 109 Å². The average molecular weight is 1020 g/mol. The average Bonchev–Trinajstić information content (AvgIpc) is 4.39. The standard InChI is InChI=1S/C73H43N7/c74-44-45-16-15-18-47(38-45)72-71-53-19-2-1-17-46(53)32-35-62(71)75-73(76-72)48-39-51(79-67-30-13-7-24-58(67)60-42-49(33-36-69(60)79)77-63-26-9-3-20-54(63)55-21-4-10-27-64(55)77)41-52(40-48)80-68-31-14-8-25-59(68)61-43-50(34-37-70(61)80)78-65-28-11-5-22-56(65)57-23-6-12-29-66(57)78/h1-43H. The molecule has 0 atom stereocenters. The molecule has 0 saturated carbocycles. The third kappa shape index (κ3) is 6.42. The highest BCUT2D eigenvalue weighted by atomic mass is 15.0. The van der Waals surface area contributed by atoms with Gasteiger partial charge in [-0.2, -0.15) is 5.26 Å². The van der Waals surface area contributed by atoms with E-state index in [1.54, 1.807) is 0 Å². The van der Waals surface area contributed by atoms with Gasteiger partial charge in [-0.05, 0) is 120 Å². The van der Waals surface area contributed by atoms with E-state index in [0.29, 0.717) is 11.4 Å². The van der Waals surface area contributed by atoms with Crippen LogP contribution in [0.5, 0.6) is 0 Å². The first kappa shape index (κ1) is 44.1. The smallest absolute Gasteiger partial charge is 0.160 e. The highest BCUT2D eigenvalue weighted by Gasteiger charge is 2.23. The summed E-state index contributed by atoms with van der Waals surface area (Å²) in [5, 5.41) is 22.8. The molecule has 7 nitrogen and oxygen atoms in total. The summed E-state index contributed by atoms with van der Waals surface area (Å²) in [4.78, 5) is 11.1. The Balaban J connectivity index is 0.947. The fraction of sp³-hybridized carbons (Fsp3) is 0. The van der Waals surface area contributed by atoms with Crippen LogP contribution >= 0.6 is 0 Å². The second-order valence-electron chi connectivity index (χ2n) is 20.9. The molecule has 80 heavy (non-hydrogen) atoms. The van der Waals surface area contributed by atoms with Crippen LogP contribution in [0.2, 0.25) is 0 Å². The number of benzene rings is 12. The van der Waals surface area contributed by atoms with Crippen molar-refractivity contribution in [3.63, 3.8) is 0 Å². The number of nitriles is 1. The van der Waals surface area contributed by atoms with Gasteiger partial charge in [0.1, 0.15) is 0 Å². The number of nitrogens with zero attached hydrogens (tertiary/aromatic N) is 7. The Labute approximate surface area is 457 Å². The monoisotopic (exact) mass is 1020 g/mol. The number of hydrogen-bond donors (Lipinski definition) is 0. The molecule has 0 aliphatic carbocycles. The van der Waals surface area contributed by atoms with Crippen molar-refractivity contribution < 1.29 is 0 Å². The highest BCUT2D eigenvalue weighted by molar-refractivity contribution is 6.16. The fourth-order valence-electron chi connectivity index (χ4n) is 13.1. The van der Waals surface area contributed by atoms with Crippen LogP contribution in [0.25, 0.3) is 154 Å². The maximum absolute atomic E-state index is 10.2.